The van der Waals surface area contributed by atoms with Crippen LogP contribution in [0.5, 0.6) is 0 Å². The summed E-state index contributed by atoms with van der Waals surface area (Å²) in [4.78, 5) is 16.8. The van der Waals surface area contributed by atoms with Gasteiger partial charge < -0.3 is 4.74 Å². The Morgan fingerprint density at radius 1 is 1.35 bits per heavy atom. The van der Waals surface area contributed by atoms with Crippen LogP contribution in [-0.4, -0.2) is 35.1 Å². The van der Waals surface area contributed by atoms with E-state index in [2.05, 4.69) is 10.1 Å². The molecule has 1 aliphatic carbocycles. The first-order valence-corrected chi connectivity index (χ1v) is 8.94. The van der Waals surface area contributed by atoms with Crippen molar-refractivity contribution >= 4 is 32.3 Å². The summed E-state index contributed by atoms with van der Waals surface area (Å²) < 4.78 is 29.0. The van der Waals surface area contributed by atoms with Crippen LogP contribution in [0.3, 0.4) is 0 Å². The average Bonchev–Trinajstić information content (AvgIpc) is 3.04. The third kappa shape index (κ3) is 2.40. The summed E-state index contributed by atoms with van der Waals surface area (Å²) >= 11 is 0.843. The van der Waals surface area contributed by atoms with Gasteiger partial charge >= 0.3 is 5.97 Å². The lowest BCUT2D eigenvalue weighted by atomic mass is 9.94. The lowest BCUT2D eigenvalue weighted by Crippen LogP contribution is -2.28. The lowest BCUT2D eigenvalue weighted by Gasteiger charge is -2.25. The van der Waals surface area contributed by atoms with Gasteiger partial charge in [0.15, 0.2) is 0 Å². The molecule has 23 heavy (non-hydrogen) atoms. The fourth-order valence-corrected chi connectivity index (χ4v) is 3.94. The maximum atomic E-state index is 12.2. The summed E-state index contributed by atoms with van der Waals surface area (Å²) in [5.74, 6) is -1.06. The largest absolute Gasteiger partial charge is 0.452 e. The first-order chi connectivity index (χ1) is 10.9. The molecule has 2 atom stereocenters. The highest BCUT2D eigenvalue weighted by Gasteiger charge is 2.32. The molecule has 3 heterocycles. The number of esters is 1. The van der Waals surface area contributed by atoms with Crippen LogP contribution in [0.15, 0.2) is 46.5 Å². The number of sulfonamides is 1. The molecule has 2 N–H and O–H groups in total. The predicted molar refractivity (Wildman–Crippen MR) is 81.2 cm³/mol. The van der Waals surface area contributed by atoms with Gasteiger partial charge in [-0.05, 0) is 11.6 Å². The standard InChI is InChI=1S/C13H10N4O4S2/c14-23(19,20)13-16-17-6-9(15-12(17)22-13)8-5-7-3-1-2-4-10(7)21-11(8)18/h1-6,8,10H,(H2,14,19,20). The monoisotopic (exact) mass is 350 g/mol. The van der Waals surface area contributed by atoms with Gasteiger partial charge in [0.25, 0.3) is 10.0 Å². The molecule has 0 radical (unpaired) electrons. The Balaban J connectivity index is 1.74. The van der Waals surface area contributed by atoms with E-state index in [9.17, 15) is 13.2 Å². The third-order valence-electron chi connectivity index (χ3n) is 3.48. The van der Waals surface area contributed by atoms with E-state index < -0.39 is 21.9 Å². The van der Waals surface area contributed by atoms with Gasteiger partial charge in [0, 0.05) is 0 Å². The van der Waals surface area contributed by atoms with E-state index >= 15 is 0 Å². The van der Waals surface area contributed by atoms with E-state index in [1.54, 1.807) is 12.2 Å². The van der Waals surface area contributed by atoms with Crippen LogP contribution < -0.4 is 5.14 Å². The molecule has 118 valence electrons. The summed E-state index contributed by atoms with van der Waals surface area (Å²) in [6.45, 7) is 0. The molecule has 0 fully saturated rings. The van der Waals surface area contributed by atoms with Crippen LogP contribution in [0, 0.1) is 0 Å². The first-order valence-electron chi connectivity index (χ1n) is 6.58. The molecule has 1 aliphatic heterocycles. The molecule has 4 rings (SSSR count). The van der Waals surface area contributed by atoms with Gasteiger partial charge in [-0.15, -0.1) is 5.10 Å². The number of aromatic nitrogens is 3. The first kappa shape index (κ1) is 14.3. The van der Waals surface area contributed by atoms with Crippen LogP contribution in [0.25, 0.3) is 4.96 Å². The molecule has 8 nitrogen and oxygen atoms in total. The number of rotatable bonds is 2. The highest BCUT2D eigenvalue weighted by molar-refractivity contribution is 7.91. The molecule has 0 aromatic carbocycles. The van der Waals surface area contributed by atoms with Crippen molar-refractivity contribution in [2.75, 3.05) is 0 Å². The van der Waals surface area contributed by atoms with Crippen LogP contribution in [0.2, 0.25) is 0 Å². The van der Waals surface area contributed by atoms with E-state index in [0.717, 1.165) is 16.9 Å². The van der Waals surface area contributed by atoms with Crippen molar-refractivity contribution in [3.63, 3.8) is 0 Å². The quantitative estimate of drug-likeness (QED) is 0.788. The Labute approximate surface area is 134 Å². The Bertz CT molecular complexity index is 981. The minimum atomic E-state index is -3.87. The van der Waals surface area contributed by atoms with Gasteiger partial charge in [0.05, 0.1) is 11.9 Å². The second kappa shape index (κ2) is 4.85. The van der Waals surface area contributed by atoms with Crippen molar-refractivity contribution in [3.8, 4) is 0 Å². The van der Waals surface area contributed by atoms with Crippen LogP contribution >= 0.6 is 11.3 Å². The Morgan fingerprint density at radius 2 is 2.17 bits per heavy atom. The maximum Gasteiger partial charge on any atom is 0.319 e. The van der Waals surface area contributed by atoms with E-state index in [4.69, 9.17) is 9.88 Å². The molecule has 0 spiro atoms. The Hall–Kier alpha value is -2.30. The molecular weight excluding hydrogens is 340 g/mol. The summed E-state index contributed by atoms with van der Waals surface area (Å²) in [6.07, 6.45) is 10.3. The van der Waals surface area contributed by atoms with Gasteiger partial charge in [0.2, 0.25) is 9.30 Å². The maximum absolute atomic E-state index is 12.2. The molecule has 2 aliphatic rings. The van der Waals surface area contributed by atoms with Gasteiger partial charge in [0.1, 0.15) is 12.0 Å². The smallest absolute Gasteiger partial charge is 0.319 e. The zero-order valence-corrected chi connectivity index (χ0v) is 13.1. The third-order valence-corrected chi connectivity index (χ3v) is 5.71. The van der Waals surface area contributed by atoms with Crippen molar-refractivity contribution < 1.29 is 17.9 Å². The molecule has 0 bridgehead atoms. The Morgan fingerprint density at radius 3 is 2.91 bits per heavy atom. The second-order valence-corrected chi connectivity index (χ2v) is 7.74. The fraction of sp³-hybridized carbons (Fsp3) is 0.154. The summed E-state index contributed by atoms with van der Waals surface area (Å²) in [5.41, 5.74) is 1.33. The number of hydrogen-bond acceptors (Lipinski definition) is 7. The number of imidazole rings is 1. The molecule has 10 heteroatoms. The minimum absolute atomic E-state index is 0.225. The number of nitrogens with two attached hydrogens (primary N) is 1. The number of primary sulfonamides is 1. The average molecular weight is 350 g/mol. The van der Waals surface area contributed by atoms with Gasteiger partial charge in [-0.25, -0.2) is 23.1 Å². The van der Waals surface area contributed by atoms with E-state index in [0.29, 0.717) is 10.7 Å². The number of hydrogen-bond donors (Lipinski definition) is 1. The molecule has 2 aromatic rings. The molecule has 2 unspecified atom stereocenters. The highest BCUT2D eigenvalue weighted by atomic mass is 32.2. The second-order valence-electron chi connectivity index (χ2n) is 5.05. The molecule has 0 amide bonds. The number of allylic oxidation sites excluding steroid dienone is 2. The van der Waals surface area contributed by atoms with E-state index in [-0.39, 0.29) is 10.4 Å². The van der Waals surface area contributed by atoms with Gasteiger partial charge in [-0.3, -0.25) is 4.79 Å². The SMILES string of the molecule is NS(=O)(=O)c1nn2cc(C3C=C4C=CC=CC4OC3=O)nc2s1. The van der Waals surface area contributed by atoms with E-state index in [1.165, 1.54) is 10.7 Å². The minimum Gasteiger partial charge on any atom is -0.452 e. The number of nitrogens with zero attached hydrogens (tertiary/aromatic N) is 3. The van der Waals surface area contributed by atoms with Gasteiger partial charge in [-0.2, -0.15) is 0 Å². The number of carbonyl (C=O) groups is 1. The summed E-state index contributed by atoms with van der Waals surface area (Å²) in [6, 6.07) is 0. The van der Waals surface area contributed by atoms with Crippen molar-refractivity contribution in [2.24, 2.45) is 5.14 Å². The summed E-state index contributed by atoms with van der Waals surface area (Å²) in [5, 5.41) is 8.91. The number of fused-ring (bicyclic) bond motifs is 2. The predicted octanol–water partition coefficient (Wildman–Crippen LogP) is 0.500. The van der Waals surface area contributed by atoms with Crippen molar-refractivity contribution in [1.82, 2.24) is 14.6 Å². The number of carbonyl (C=O) groups excluding carboxylic acids is 1. The molecule has 0 saturated heterocycles. The van der Waals surface area contributed by atoms with Crippen LogP contribution in [0.1, 0.15) is 11.6 Å². The number of ether oxygens (including phenoxy) is 1. The zero-order chi connectivity index (χ0) is 16.2. The summed E-state index contributed by atoms with van der Waals surface area (Å²) in [7, 11) is -3.87. The highest BCUT2D eigenvalue weighted by Crippen LogP contribution is 2.31. The zero-order valence-electron chi connectivity index (χ0n) is 11.5. The van der Waals surface area contributed by atoms with E-state index in [1.807, 2.05) is 18.2 Å². The Kier molecular flexibility index (Phi) is 3.01. The van der Waals surface area contributed by atoms with Crippen molar-refractivity contribution in [2.45, 2.75) is 16.4 Å². The topological polar surface area (TPSA) is 117 Å². The van der Waals surface area contributed by atoms with Crippen LogP contribution in [0.4, 0.5) is 0 Å². The molecule has 0 saturated carbocycles. The van der Waals surface area contributed by atoms with Gasteiger partial charge in [-0.1, -0.05) is 35.6 Å². The fourth-order valence-electron chi connectivity index (χ4n) is 2.42. The van der Waals surface area contributed by atoms with Crippen LogP contribution in [-0.2, 0) is 19.6 Å². The van der Waals surface area contributed by atoms with Crippen molar-refractivity contribution in [1.29, 1.82) is 0 Å². The molecule has 2 aromatic heterocycles. The normalized spacial score (nSPS) is 23.7. The lowest BCUT2D eigenvalue weighted by molar-refractivity contribution is -0.147. The molecular formula is C13H10N4O4S2. The van der Waals surface area contributed by atoms with Crippen molar-refractivity contribution in [3.05, 3.63) is 47.8 Å².